The number of carbonyl (C=O) groups is 1. The number of nitrogens with zero attached hydrogens (tertiary/aromatic N) is 1. The summed E-state index contributed by atoms with van der Waals surface area (Å²) in [6, 6.07) is 0. The van der Waals surface area contributed by atoms with Crippen LogP contribution in [0.2, 0.25) is 0 Å². The number of nitrogens with one attached hydrogen (secondary N) is 3. The minimum Gasteiger partial charge on any atom is -0.382 e. The van der Waals surface area contributed by atoms with E-state index in [1.807, 2.05) is 0 Å². The van der Waals surface area contributed by atoms with Gasteiger partial charge in [0.2, 0.25) is 0 Å². The molecule has 0 saturated carbocycles. The van der Waals surface area contributed by atoms with E-state index in [0.29, 0.717) is 32.1 Å². The van der Waals surface area contributed by atoms with Gasteiger partial charge >= 0.3 is 0 Å². The Morgan fingerprint density at radius 1 is 1.50 bits per heavy atom. The molecule has 1 rings (SSSR count). The van der Waals surface area contributed by atoms with Gasteiger partial charge in [-0.05, 0) is 0 Å². The van der Waals surface area contributed by atoms with Gasteiger partial charge in [0.05, 0.1) is 26.4 Å². The molecule has 92 valence electrons. The van der Waals surface area contributed by atoms with Crippen LogP contribution in [-0.4, -0.2) is 51.4 Å². The summed E-state index contributed by atoms with van der Waals surface area (Å²) in [5, 5.41) is 4.27. The van der Waals surface area contributed by atoms with Gasteiger partial charge in [0.1, 0.15) is 5.70 Å². The van der Waals surface area contributed by atoms with E-state index < -0.39 is 0 Å². The lowest BCUT2D eigenvalue weighted by molar-refractivity contribution is -0.117. The maximum Gasteiger partial charge on any atom is 0.270 e. The number of ether oxygens (including phenoxy) is 2. The molecule has 1 aliphatic rings. The molecule has 0 aromatic heterocycles. The Morgan fingerprint density at radius 3 is 3.00 bits per heavy atom. The minimum absolute atomic E-state index is 0.157. The third-order valence-corrected chi connectivity index (χ3v) is 2.00. The molecule has 1 heterocycles. The van der Waals surface area contributed by atoms with Crippen molar-refractivity contribution in [3.63, 3.8) is 0 Å². The van der Waals surface area contributed by atoms with Gasteiger partial charge < -0.3 is 14.8 Å². The van der Waals surface area contributed by atoms with Crippen LogP contribution in [0, 0.1) is 0 Å². The quantitative estimate of drug-likeness (QED) is 0.465. The fourth-order valence-electron chi connectivity index (χ4n) is 1.13. The van der Waals surface area contributed by atoms with Crippen molar-refractivity contribution in [1.82, 2.24) is 21.3 Å². The maximum atomic E-state index is 11.2. The van der Waals surface area contributed by atoms with Crippen LogP contribution in [-0.2, 0) is 14.3 Å². The maximum absolute atomic E-state index is 11.2. The van der Waals surface area contributed by atoms with E-state index in [-0.39, 0.29) is 5.91 Å². The van der Waals surface area contributed by atoms with Gasteiger partial charge in [-0.3, -0.25) is 15.2 Å². The largest absolute Gasteiger partial charge is 0.382 e. The molecule has 0 aromatic carbocycles. The molecule has 1 amide bonds. The first-order valence-electron chi connectivity index (χ1n) is 5.07. The van der Waals surface area contributed by atoms with Crippen LogP contribution in [0.15, 0.2) is 11.9 Å². The Balaban J connectivity index is 2.15. The zero-order valence-corrected chi connectivity index (χ0v) is 9.58. The molecule has 7 heteroatoms. The normalized spacial score (nSPS) is 14.6. The summed E-state index contributed by atoms with van der Waals surface area (Å²) < 4.78 is 10.1. The van der Waals surface area contributed by atoms with Crippen LogP contribution in [0.4, 0.5) is 0 Å². The molecule has 0 aliphatic carbocycles. The fourth-order valence-corrected chi connectivity index (χ4v) is 1.13. The SMILES string of the molecule is CNC(=O)C1=CN(CCOCCOC)NN1. The van der Waals surface area contributed by atoms with Crippen LogP contribution >= 0.6 is 0 Å². The van der Waals surface area contributed by atoms with Gasteiger partial charge in [0, 0.05) is 20.4 Å². The highest BCUT2D eigenvalue weighted by Gasteiger charge is 2.15. The van der Waals surface area contributed by atoms with Crippen molar-refractivity contribution in [2.24, 2.45) is 0 Å². The summed E-state index contributed by atoms with van der Waals surface area (Å²) in [7, 11) is 3.22. The summed E-state index contributed by atoms with van der Waals surface area (Å²) in [5.74, 6) is -0.157. The van der Waals surface area contributed by atoms with E-state index in [1.54, 1.807) is 25.4 Å². The van der Waals surface area contributed by atoms with Crippen molar-refractivity contribution in [2.45, 2.75) is 0 Å². The van der Waals surface area contributed by atoms with Crippen LogP contribution < -0.4 is 16.3 Å². The lowest BCUT2D eigenvalue weighted by Crippen LogP contribution is -2.40. The number of hydrogen-bond acceptors (Lipinski definition) is 6. The highest BCUT2D eigenvalue weighted by molar-refractivity contribution is 5.92. The van der Waals surface area contributed by atoms with E-state index in [9.17, 15) is 4.79 Å². The Morgan fingerprint density at radius 2 is 2.31 bits per heavy atom. The van der Waals surface area contributed by atoms with E-state index in [1.165, 1.54) is 0 Å². The molecule has 3 N–H and O–H groups in total. The predicted octanol–water partition coefficient (Wildman–Crippen LogP) is -1.44. The first-order chi connectivity index (χ1) is 7.77. The number of hydrazine groups is 2. The predicted molar refractivity (Wildman–Crippen MR) is 57.8 cm³/mol. The van der Waals surface area contributed by atoms with E-state index in [4.69, 9.17) is 9.47 Å². The summed E-state index contributed by atoms with van der Waals surface area (Å²) >= 11 is 0. The van der Waals surface area contributed by atoms with Gasteiger partial charge in [0.15, 0.2) is 0 Å². The Hall–Kier alpha value is -1.31. The smallest absolute Gasteiger partial charge is 0.270 e. The molecular formula is C9H18N4O3. The molecule has 16 heavy (non-hydrogen) atoms. The van der Waals surface area contributed by atoms with Crippen molar-refractivity contribution in [1.29, 1.82) is 0 Å². The van der Waals surface area contributed by atoms with Crippen molar-refractivity contribution in [3.8, 4) is 0 Å². The van der Waals surface area contributed by atoms with E-state index in [0.717, 1.165) is 0 Å². The average Bonchev–Trinajstić information content (AvgIpc) is 2.76. The second-order valence-corrected chi connectivity index (χ2v) is 3.16. The van der Waals surface area contributed by atoms with Crippen molar-refractivity contribution >= 4 is 5.91 Å². The molecule has 0 fully saturated rings. The number of carbonyl (C=O) groups excluding carboxylic acids is 1. The van der Waals surface area contributed by atoms with Crippen LogP contribution in [0.1, 0.15) is 0 Å². The van der Waals surface area contributed by atoms with Gasteiger partial charge in [0.25, 0.3) is 5.91 Å². The van der Waals surface area contributed by atoms with Gasteiger partial charge in [-0.15, -0.1) is 5.53 Å². The third-order valence-electron chi connectivity index (χ3n) is 2.00. The van der Waals surface area contributed by atoms with E-state index >= 15 is 0 Å². The standard InChI is InChI=1S/C9H18N4O3/c1-10-9(14)8-7-13(12-11-8)3-4-16-6-5-15-2/h7,11-12H,3-6H2,1-2H3,(H,10,14). The van der Waals surface area contributed by atoms with Gasteiger partial charge in [-0.25, -0.2) is 0 Å². The summed E-state index contributed by atoms with van der Waals surface area (Å²) in [6.07, 6.45) is 1.69. The van der Waals surface area contributed by atoms with Crippen LogP contribution in [0.3, 0.4) is 0 Å². The number of hydrogen-bond donors (Lipinski definition) is 3. The molecular weight excluding hydrogens is 212 g/mol. The van der Waals surface area contributed by atoms with Crippen molar-refractivity contribution in [3.05, 3.63) is 11.9 Å². The topological polar surface area (TPSA) is 74.9 Å². The summed E-state index contributed by atoms with van der Waals surface area (Å²) in [5.41, 5.74) is 6.07. The molecule has 0 saturated heterocycles. The second-order valence-electron chi connectivity index (χ2n) is 3.16. The molecule has 0 radical (unpaired) electrons. The zero-order chi connectivity index (χ0) is 11.8. The highest BCUT2D eigenvalue weighted by Crippen LogP contribution is 1.98. The van der Waals surface area contributed by atoms with Crippen molar-refractivity contribution in [2.75, 3.05) is 40.5 Å². The molecule has 0 atom stereocenters. The minimum atomic E-state index is -0.157. The molecule has 0 aromatic rings. The van der Waals surface area contributed by atoms with Crippen LogP contribution in [0.25, 0.3) is 0 Å². The Labute approximate surface area is 94.7 Å². The van der Waals surface area contributed by atoms with E-state index in [2.05, 4.69) is 16.3 Å². The fraction of sp³-hybridized carbons (Fsp3) is 0.667. The lowest BCUT2D eigenvalue weighted by Gasteiger charge is -2.14. The van der Waals surface area contributed by atoms with Gasteiger partial charge in [-0.1, -0.05) is 0 Å². The highest BCUT2D eigenvalue weighted by atomic mass is 16.5. The monoisotopic (exact) mass is 230 g/mol. The number of amides is 1. The number of methoxy groups -OCH3 is 1. The molecule has 7 nitrogen and oxygen atoms in total. The lowest BCUT2D eigenvalue weighted by atomic mass is 10.4. The molecule has 0 bridgehead atoms. The second kappa shape index (κ2) is 7.04. The first-order valence-corrected chi connectivity index (χ1v) is 5.07. The number of rotatable bonds is 7. The Kier molecular flexibility index (Phi) is 5.62. The third kappa shape index (κ3) is 4.05. The van der Waals surface area contributed by atoms with Crippen molar-refractivity contribution < 1.29 is 14.3 Å². The average molecular weight is 230 g/mol. The molecule has 0 unspecified atom stereocenters. The van der Waals surface area contributed by atoms with Crippen LogP contribution in [0.5, 0.6) is 0 Å². The Bertz CT molecular complexity index is 257. The first kappa shape index (κ1) is 12.8. The molecule has 1 aliphatic heterocycles. The summed E-state index contributed by atoms with van der Waals surface area (Å²) in [4.78, 5) is 11.2. The zero-order valence-electron chi connectivity index (χ0n) is 9.58. The van der Waals surface area contributed by atoms with Gasteiger partial charge in [-0.2, -0.15) is 0 Å². The molecule has 0 spiro atoms. The summed E-state index contributed by atoms with van der Waals surface area (Å²) in [6.45, 7) is 2.38. The number of likely N-dealkylation sites (N-methyl/N-ethyl adjacent to an activating group) is 1.